The summed E-state index contributed by atoms with van der Waals surface area (Å²) in [5, 5.41) is 16.3. The number of nitrogens with zero attached hydrogens (tertiary/aromatic N) is 2. The van der Waals surface area contributed by atoms with E-state index in [9.17, 15) is 24.1 Å². The van der Waals surface area contributed by atoms with Crippen molar-refractivity contribution in [1.29, 1.82) is 0 Å². The van der Waals surface area contributed by atoms with Crippen LogP contribution in [-0.2, 0) is 0 Å². The van der Waals surface area contributed by atoms with Crippen molar-refractivity contribution >= 4 is 34.9 Å². The molecule has 158 valence electrons. The highest BCUT2D eigenvalue weighted by atomic mass is 35.5. The molecule has 0 unspecified atom stereocenters. The number of likely N-dealkylation sites (tertiary alicyclic amines) is 1. The number of carbonyl (C=O) groups excluding carboxylic acids is 2. The Morgan fingerprint density at radius 1 is 1.17 bits per heavy atom. The van der Waals surface area contributed by atoms with Crippen molar-refractivity contribution in [2.24, 2.45) is 5.92 Å². The Balaban J connectivity index is 1.45. The van der Waals surface area contributed by atoms with Crippen molar-refractivity contribution in [2.75, 3.05) is 25.0 Å². The number of benzene rings is 2. The van der Waals surface area contributed by atoms with Crippen molar-refractivity contribution in [1.82, 2.24) is 10.2 Å². The molecule has 1 aliphatic heterocycles. The molecule has 1 aliphatic rings. The number of hydrogen-bond acceptors (Lipinski definition) is 4. The van der Waals surface area contributed by atoms with E-state index in [0.29, 0.717) is 38.2 Å². The van der Waals surface area contributed by atoms with Gasteiger partial charge >= 0.3 is 6.03 Å². The molecule has 3 rings (SSSR count). The monoisotopic (exact) mass is 434 g/mol. The molecule has 0 spiro atoms. The second kappa shape index (κ2) is 9.53. The fraction of sp³-hybridized carbons (Fsp3) is 0.300. The molecule has 3 amide bonds. The first-order valence-electron chi connectivity index (χ1n) is 9.37. The molecule has 0 aromatic heterocycles. The summed E-state index contributed by atoms with van der Waals surface area (Å²) in [7, 11) is 0. The third kappa shape index (κ3) is 5.44. The van der Waals surface area contributed by atoms with Gasteiger partial charge in [0, 0.05) is 37.5 Å². The largest absolute Gasteiger partial charge is 0.352 e. The van der Waals surface area contributed by atoms with E-state index in [0.717, 1.165) is 6.07 Å². The van der Waals surface area contributed by atoms with Gasteiger partial charge in [-0.25, -0.2) is 9.18 Å². The number of halogens is 2. The summed E-state index contributed by atoms with van der Waals surface area (Å²) >= 11 is 5.98. The van der Waals surface area contributed by atoms with Gasteiger partial charge < -0.3 is 15.5 Å². The van der Waals surface area contributed by atoms with Gasteiger partial charge in [0.25, 0.3) is 11.6 Å². The fourth-order valence-electron chi connectivity index (χ4n) is 3.21. The molecule has 2 aromatic carbocycles. The average Bonchev–Trinajstić information content (AvgIpc) is 2.73. The predicted octanol–water partition coefficient (Wildman–Crippen LogP) is 4.06. The van der Waals surface area contributed by atoms with Gasteiger partial charge in [-0.15, -0.1) is 0 Å². The number of nitro groups is 1. The Labute approximate surface area is 177 Å². The van der Waals surface area contributed by atoms with Crippen LogP contribution in [0.3, 0.4) is 0 Å². The number of nitro benzene ring substituents is 1. The summed E-state index contributed by atoms with van der Waals surface area (Å²) in [5.41, 5.74) is 0.525. The first-order valence-corrected chi connectivity index (χ1v) is 9.75. The van der Waals surface area contributed by atoms with E-state index in [1.54, 1.807) is 4.90 Å². The highest BCUT2D eigenvalue weighted by Crippen LogP contribution is 2.23. The first-order chi connectivity index (χ1) is 14.3. The lowest BCUT2D eigenvalue weighted by Gasteiger charge is -2.32. The van der Waals surface area contributed by atoms with E-state index >= 15 is 0 Å². The minimum atomic E-state index is -0.576. The molecular formula is C20H20ClFN4O4. The Morgan fingerprint density at radius 3 is 2.43 bits per heavy atom. The van der Waals surface area contributed by atoms with Gasteiger partial charge in [-0.05, 0) is 49.1 Å². The molecular weight excluding hydrogens is 415 g/mol. The molecule has 2 N–H and O–H groups in total. The first kappa shape index (κ1) is 21.5. The number of nitrogens with one attached hydrogen (secondary N) is 2. The van der Waals surface area contributed by atoms with Gasteiger partial charge in [0.15, 0.2) is 0 Å². The van der Waals surface area contributed by atoms with Gasteiger partial charge in [-0.1, -0.05) is 11.6 Å². The quantitative estimate of drug-likeness (QED) is 0.546. The number of carbonyl (C=O) groups is 2. The smallest absolute Gasteiger partial charge is 0.321 e. The lowest BCUT2D eigenvalue weighted by Crippen LogP contribution is -2.43. The van der Waals surface area contributed by atoms with Crippen molar-refractivity contribution in [2.45, 2.75) is 12.8 Å². The van der Waals surface area contributed by atoms with Gasteiger partial charge in [0.05, 0.1) is 15.5 Å². The van der Waals surface area contributed by atoms with Crippen molar-refractivity contribution < 1.29 is 18.9 Å². The number of non-ortho nitro benzene ring substituents is 1. The minimum absolute atomic E-state index is 0.0222. The molecule has 1 heterocycles. The van der Waals surface area contributed by atoms with E-state index in [1.165, 1.54) is 36.4 Å². The number of piperidine rings is 1. The maximum absolute atomic E-state index is 12.9. The summed E-state index contributed by atoms with van der Waals surface area (Å²) in [6.07, 6.45) is 1.43. The van der Waals surface area contributed by atoms with E-state index in [-0.39, 0.29) is 34.0 Å². The SMILES string of the molecule is O=C(NCC1CCN(C(=O)Nc2ccc(F)cc2)CC1)c1ccc([N+](=O)[O-])cc1Cl. The number of hydrogen-bond donors (Lipinski definition) is 2. The Bertz CT molecular complexity index is 946. The maximum Gasteiger partial charge on any atom is 0.321 e. The predicted molar refractivity (Wildman–Crippen MR) is 110 cm³/mol. The average molecular weight is 435 g/mol. The van der Waals surface area contributed by atoms with E-state index in [4.69, 9.17) is 11.6 Å². The van der Waals surface area contributed by atoms with E-state index in [2.05, 4.69) is 10.6 Å². The van der Waals surface area contributed by atoms with Gasteiger partial charge in [0.2, 0.25) is 0 Å². The van der Waals surface area contributed by atoms with E-state index < -0.39 is 10.8 Å². The van der Waals surface area contributed by atoms with Crippen LogP contribution in [0.1, 0.15) is 23.2 Å². The minimum Gasteiger partial charge on any atom is -0.352 e. The Hall–Kier alpha value is -3.20. The zero-order valence-electron chi connectivity index (χ0n) is 15.9. The molecule has 1 saturated heterocycles. The standard InChI is InChI=1S/C20H20ClFN4O4/c21-18-11-16(26(29)30)5-6-17(18)19(27)23-12-13-7-9-25(10-8-13)20(28)24-15-3-1-14(22)2-4-15/h1-6,11,13H,7-10,12H2,(H,23,27)(H,24,28). The molecule has 1 fully saturated rings. The topological polar surface area (TPSA) is 105 Å². The third-order valence-corrected chi connectivity index (χ3v) is 5.27. The summed E-state index contributed by atoms with van der Waals surface area (Å²) in [6, 6.07) is 9.02. The second-order valence-corrected chi connectivity index (χ2v) is 7.41. The van der Waals surface area contributed by atoms with Crippen LogP contribution in [0.5, 0.6) is 0 Å². The van der Waals surface area contributed by atoms with E-state index in [1.807, 2.05) is 0 Å². The van der Waals surface area contributed by atoms with Crippen LogP contribution in [0, 0.1) is 21.8 Å². The molecule has 0 atom stereocenters. The van der Waals surface area contributed by atoms with Crippen LogP contribution in [0.25, 0.3) is 0 Å². The molecule has 10 heteroatoms. The summed E-state index contributed by atoms with van der Waals surface area (Å²) < 4.78 is 12.9. The van der Waals surface area contributed by atoms with Crippen molar-refractivity contribution in [3.8, 4) is 0 Å². The summed E-state index contributed by atoms with van der Waals surface area (Å²) in [6.45, 7) is 1.48. The number of rotatable bonds is 5. The number of anilines is 1. The molecule has 0 bridgehead atoms. The van der Waals surface area contributed by atoms with Crippen molar-refractivity contribution in [3.63, 3.8) is 0 Å². The van der Waals surface area contributed by atoms with Crippen LogP contribution >= 0.6 is 11.6 Å². The van der Waals surface area contributed by atoms with Crippen molar-refractivity contribution in [3.05, 3.63) is 69.0 Å². The van der Waals surface area contributed by atoms with Crippen LogP contribution in [0.4, 0.5) is 20.6 Å². The molecule has 30 heavy (non-hydrogen) atoms. The second-order valence-electron chi connectivity index (χ2n) is 7.00. The highest BCUT2D eigenvalue weighted by molar-refractivity contribution is 6.34. The summed E-state index contributed by atoms with van der Waals surface area (Å²) in [4.78, 5) is 36.5. The molecule has 8 nitrogen and oxygen atoms in total. The van der Waals surface area contributed by atoms with Crippen LogP contribution in [0.15, 0.2) is 42.5 Å². The number of urea groups is 1. The molecule has 0 aliphatic carbocycles. The third-order valence-electron chi connectivity index (χ3n) is 4.96. The molecule has 0 radical (unpaired) electrons. The highest BCUT2D eigenvalue weighted by Gasteiger charge is 2.24. The van der Waals surface area contributed by atoms with Gasteiger partial charge in [-0.2, -0.15) is 0 Å². The zero-order valence-corrected chi connectivity index (χ0v) is 16.7. The summed E-state index contributed by atoms with van der Waals surface area (Å²) in [5.74, 6) is -0.571. The lowest BCUT2D eigenvalue weighted by molar-refractivity contribution is -0.384. The van der Waals surface area contributed by atoms with Crippen LogP contribution in [-0.4, -0.2) is 41.4 Å². The maximum atomic E-state index is 12.9. The number of amides is 3. The van der Waals surface area contributed by atoms with Gasteiger partial charge in [-0.3, -0.25) is 14.9 Å². The normalized spacial score (nSPS) is 14.3. The fourth-order valence-corrected chi connectivity index (χ4v) is 3.47. The van der Waals surface area contributed by atoms with Crippen LogP contribution in [0.2, 0.25) is 5.02 Å². The zero-order chi connectivity index (χ0) is 21.7. The van der Waals surface area contributed by atoms with Gasteiger partial charge in [0.1, 0.15) is 5.82 Å². The Kier molecular flexibility index (Phi) is 6.83. The Morgan fingerprint density at radius 2 is 1.83 bits per heavy atom. The lowest BCUT2D eigenvalue weighted by atomic mass is 9.97. The van der Waals surface area contributed by atoms with Crippen LogP contribution < -0.4 is 10.6 Å². The molecule has 2 aromatic rings. The molecule has 0 saturated carbocycles.